The molecule has 1 aliphatic heterocycles. The first kappa shape index (κ1) is 20.5. The number of nitrogens with zero attached hydrogens (tertiary/aromatic N) is 1. The third kappa shape index (κ3) is 5.40. The van der Waals surface area contributed by atoms with E-state index in [-0.39, 0.29) is 23.8 Å². The summed E-state index contributed by atoms with van der Waals surface area (Å²) in [5.74, 6) is -0.126. The van der Waals surface area contributed by atoms with Crippen LogP contribution in [-0.4, -0.2) is 45.8 Å². The summed E-state index contributed by atoms with van der Waals surface area (Å²) in [6, 6.07) is 12.5. The summed E-state index contributed by atoms with van der Waals surface area (Å²) in [7, 11) is 2.80. The molecule has 7 nitrogen and oxygen atoms in total. The lowest BCUT2D eigenvalue weighted by atomic mass is 10.1. The summed E-state index contributed by atoms with van der Waals surface area (Å²) in [6.07, 6.45) is 3.72. The molecule has 2 aromatic carbocycles. The quantitative estimate of drug-likeness (QED) is 0.720. The van der Waals surface area contributed by atoms with Crippen molar-refractivity contribution < 1.29 is 23.8 Å². The van der Waals surface area contributed by atoms with Crippen LogP contribution in [0.4, 0.5) is 11.4 Å². The first-order chi connectivity index (χ1) is 14.1. The van der Waals surface area contributed by atoms with Crippen molar-refractivity contribution in [1.29, 1.82) is 0 Å². The van der Waals surface area contributed by atoms with Gasteiger partial charge in [-0.1, -0.05) is 0 Å². The Kier molecular flexibility index (Phi) is 6.94. The van der Waals surface area contributed by atoms with Crippen LogP contribution >= 0.6 is 0 Å². The third-order valence-electron chi connectivity index (χ3n) is 4.83. The summed E-state index contributed by atoms with van der Waals surface area (Å²) >= 11 is 0. The van der Waals surface area contributed by atoms with Crippen molar-refractivity contribution in [2.75, 3.05) is 44.1 Å². The number of hydrogen-bond acceptors (Lipinski definition) is 6. The van der Waals surface area contributed by atoms with E-state index in [1.165, 1.54) is 39.5 Å². The molecule has 0 aliphatic carbocycles. The highest BCUT2D eigenvalue weighted by Gasteiger charge is 2.16. The minimum Gasteiger partial charge on any atom is -0.497 e. The Labute approximate surface area is 170 Å². The van der Waals surface area contributed by atoms with Crippen molar-refractivity contribution in [3.05, 3.63) is 48.0 Å². The smallest absolute Gasteiger partial charge is 0.341 e. The molecule has 1 heterocycles. The van der Waals surface area contributed by atoms with Gasteiger partial charge in [0.05, 0.1) is 14.2 Å². The molecule has 1 fully saturated rings. The van der Waals surface area contributed by atoms with Crippen molar-refractivity contribution in [1.82, 2.24) is 0 Å². The van der Waals surface area contributed by atoms with Gasteiger partial charge >= 0.3 is 5.97 Å². The molecule has 154 valence electrons. The number of nitrogens with one attached hydrogen (secondary N) is 1. The Bertz CT molecular complexity index is 845. The second kappa shape index (κ2) is 9.82. The summed E-state index contributed by atoms with van der Waals surface area (Å²) in [5, 5.41) is 2.80. The normalized spacial score (nSPS) is 13.5. The second-order valence-electron chi connectivity index (χ2n) is 6.79. The van der Waals surface area contributed by atoms with Crippen LogP contribution in [-0.2, 0) is 9.53 Å². The molecule has 0 atom stereocenters. The average molecular weight is 398 g/mol. The fraction of sp³-hybridized carbons (Fsp3) is 0.364. The van der Waals surface area contributed by atoms with Gasteiger partial charge in [-0.15, -0.1) is 0 Å². The van der Waals surface area contributed by atoms with Crippen molar-refractivity contribution in [3.8, 4) is 11.5 Å². The number of piperidine rings is 1. The minimum atomic E-state index is -0.545. The van der Waals surface area contributed by atoms with Crippen LogP contribution in [0, 0.1) is 0 Å². The van der Waals surface area contributed by atoms with Gasteiger partial charge in [-0.2, -0.15) is 0 Å². The highest BCUT2D eigenvalue weighted by molar-refractivity contribution is 5.94. The number of hydrogen-bond donors (Lipinski definition) is 1. The van der Waals surface area contributed by atoms with Crippen LogP contribution in [0.5, 0.6) is 11.5 Å². The molecule has 0 bridgehead atoms. The van der Waals surface area contributed by atoms with E-state index in [0.29, 0.717) is 11.4 Å². The molecule has 1 N–H and O–H groups in total. The zero-order chi connectivity index (χ0) is 20.6. The Morgan fingerprint density at radius 3 is 2.38 bits per heavy atom. The van der Waals surface area contributed by atoms with Gasteiger partial charge < -0.3 is 24.4 Å². The lowest BCUT2D eigenvalue weighted by molar-refractivity contribution is -0.118. The number of methoxy groups -OCH3 is 2. The minimum absolute atomic E-state index is 0.229. The van der Waals surface area contributed by atoms with Crippen LogP contribution in [0.1, 0.15) is 29.6 Å². The molecule has 1 saturated heterocycles. The maximum absolute atomic E-state index is 12.3. The molecule has 0 aromatic heterocycles. The number of carbonyl (C=O) groups is 2. The van der Waals surface area contributed by atoms with E-state index in [1.54, 1.807) is 12.1 Å². The summed E-state index contributed by atoms with van der Waals surface area (Å²) in [5.41, 5.74) is 2.09. The van der Waals surface area contributed by atoms with E-state index >= 15 is 0 Å². The van der Waals surface area contributed by atoms with Gasteiger partial charge in [0.1, 0.15) is 17.1 Å². The molecule has 3 rings (SSSR count). The average Bonchev–Trinajstić information content (AvgIpc) is 2.78. The number of benzene rings is 2. The molecule has 0 unspecified atom stereocenters. The van der Waals surface area contributed by atoms with Gasteiger partial charge in [0.15, 0.2) is 6.61 Å². The number of carbonyl (C=O) groups excluding carboxylic acids is 2. The Morgan fingerprint density at radius 1 is 1.00 bits per heavy atom. The predicted octanol–water partition coefficient (Wildman–Crippen LogP) is 3.49. The highest BCUT2D eigenvalue weighted by Crippen LogP contribution is 2.26. The van der Waals surface area contributed by atoms with E-state index in [2.05, 4.69) is 10.2 Å². The Balaban J connectivity index is 1.59. The molecule has 2 aromatic rings. The van der Waals surface area contributed by atoms with Crippen molar-refractivity contribution in [3.63, 3.8) is 0 Å². The van der Waals surface area contributed by atoms with E-state index < -0.39 is 5.97 Å². The predicted molar refractivity (Wildman–Crippen MR) is 111 cm³/mol. The van der Waals surface area contributed by atoms with Crippen LogP contribution in [0.3, 0.4) is 0 Å². The molecule has 29 heavy (non-hydrogen) atoms. The first-order valence-electron chi connectivity index (χ1n) is 9.64. The molecule has 7 heteroatoms. The monoisotopic (exact) mass is 398 g/mol. The molecule has 0 spiro atoms. The van der Waals surface area contributed by atoms with Crippen molar-refractivity contribution in [2.24, 2.45) is 0 Å². The zero-order valence-corrected chi connectivity index (χ0v) is 16.8. The van der Waals surface area contributed by atoms with Crippen LogP contribution in [0.15, 0.2) is 42.5 Å². The standard InChI is InChI=1S/C22H26N2O5/c1-27-18-10-11-19(22(26)28-2)20(14-18)29-15-21(25)23-16-6-8-17(9-7-16)24-12-4-3-5-13-24/h6-11,14H,3-5,12-13,15H2,1-2H3,(H,23,25). The SMILES string of the molecule is COC(=O)c1ccc(OC)cc1OCC(=O)Nc1ccc(N2CCCCC2)cc1. The van der Waals surface area contributed by atoms with Gasteiger partial charge in [0.25, 0.3) is 5.91 Å². The first-order valence-corrected chi connectivity index (χ1v) is 9.64. The topological polar surface area (TPSA) is 77.1 Å². The third-order valence-corrected chi connectivity index (χ3v) is 4.83. The molecule has 1 aliphatic rings. The largest absolute Gasteiger partial charge is 0.497 e. The van der Waals surface area contributed by atoms with E-state index in [0.717, 1.165) is 18.8 Å². The fourth-order valence-corrected chi connectivity index (χ4v) is 3.28. The number of esters is 1. The van der Waals surface area contributed by atoms with Crippen LogP contribution in [0.25, 0.3) is 0 Å². The van der Waals surface area contributed by atoms with Gasteiger partial charge in [-0.3, -0.25) is 4.79 Å². The lowest BCUT2D eigenvalue weighted by Gasteiger charge is -2.28. The number of rotatable bonds is 7. The van der Waals surface area contributed by atoms with E-state index in [4.69, 9.17) is 14.2 Å². The van der Waals surface area contributed by atoms with Crippen molar-refractivity contribution in [2.45, 2.75) is 19.3 Å². The molecular formula is C22H26N2O5. The van der Waals surface area contributed by atoms with Gasteiger partial charge in [0.2, 0.25) is 0 Å². The molecule has 1 amide bonds. The highest BCUT2D eigenvalue weighted by atomic mass is 16.5. The number of amides is 1. The van der Waals surface area contributed by atoms with Gasteiger partial charge in [-0.25, -0.2) is 4.79 Å². The van der Waals surface area contributed by atoms with Crippen LogP contribution in [0.2, 0.25) is 0 Å². The molecule has 0 radical (unpaired) electrons. The summed E-state index contributed by atoms with van der Waals surface area (Å²) < 4.78 is 15.5. The maximum Gasteiger partial charge on any atom is 0.341 e. The van der Waals surface area contributed by atoms with Gasteiger partial charge in [-0.05, 0) is 55.7 Å². The van der Waals surface area contributed by atoms with Crippen molar-refractivity contribution >= 4 is 23.3 Å². The van der Waals surface area contributed by atoms with Crippen LogP contribution < -0.4 is 19.7 Å². The molecule has 0 saturated carbocycles. The van der Waals surface area contributed by atoms with E-state index in [1.807, 2.05) is 24.3 Å². The number of anilines is 2. The molecular weight excluding hydrogens is 372 g/mol. The Hall–Kier alpha value is -3.22. The number of ether oxygens (including phenoxy) is 3. The van der Waals surface area contributed by atoms with Gasteiger partial charge in [0, 0.05) is 30.5 Å². The summed E-state index contributed by atoms with van der Waals surface area (Å²) in [4.78, 5) is 26.5. The van der Waals surface area contributed by atoms with E-state index in [9.17, 15) is 9.59 Å². The summed E-state index contributed by atoms with van der Waals surface area (Å²) in [6.45, 7) is 1.90. The zero-order valence-electron chi connectivity index (χ0n) is 16.8. The Morgan fingerprint density at radius 2 is 1.72 bits per heavy atom. The lowest BCUT2D eigenvalue weighted by Crippen LogP contribution is -2.29. The second-order valence-corrected chi connectivity index (χ2v) is 6.79. The fourth-order valence-electron chi connectivity index (χ4n) is 3.28. The maximum atomic E-state index is 12.3.